The molecule has 4 aromatic rings. The summed E-state index contributed by atoms with van der Waals surface area (Å²) in [7, 11) is 2.93. The third-order valence-corrected chi connectivity index (χ3v) is 13.6. The molecule has 29 heteroatoms. The van der Waals surface area contributed by atoms with E-state index in [1.165, 1.54) is 47.1 Å². The number of esters is 8. The Balaban J connectivity index is 0.000000379. The summed E-state index contributed by atoms with van der Waals surface area (Å²) in [5.41, 5.74) is 3.28. The molecule has 4 heterocycles. The van der Waals surface area contributed by atoms with Crippen LogP contribution in [0.25, 0.3) is 0 Å². The van der Waals surface area contributed by atoms with Gasteiger partial charge in [0, 0.05) is 115 Å². The van der Waals surface area contributed by atoms with Gasteiger partial charge in [0.15, 0.2) is 35.5 Å². The highest BCUT2D eigenvalue weighted by molar-refractivity contribution is 9.09. The number of aromatic amines is 1. The van der Waals surface area contributed by atoms with E-state index < -0.39 is 120 Å². The minimum atomic E-state index is -1.49. The van der Waals surface area contributed by atoms with Gasteiger partial charge >= 0.3 is 47.8 Å². The molecule has 26 nitrogen and oxygen atoms in total. The fourth-order valence-corrected chi connectivity index (χ4v) is 9.86. The van der Waals surface area contributed by atoms with Crippen LogP contribution < -0.4 is 19.8 Å². The van der Waals surface area contributed by atoms with E-state index in [9.17, 15) is 51.9 Å². The van der Waals surface area contributed by atoms with Gasteiger partial charge in [-0.3, -0.25) is 57.6 Å². The normalized spacial score (nSPS) is 21.1. The molecule has 0 spiro atoms. The molecule has 2 aromatic heterocycles. The average molecular weight is 1310 g/mol. The number of rotatable bonds is 20. The van der Waals surface area contributed by atoms with E-state index >= 15 is 0 Å². The zero-order valence-corrected chi connectivity index (χ0v) is 52.8. The van der Waals surface area contributed by atoms with Crippen molar-refractivity contribution in [2.45, 2.75) is 189 Å². The van der Waals surface area contributed by atoms with Crippen molar-refractivity contribution in [3.05, 3.63) is 92.0 Å². The summed E-state index contributed by atoms with van der Waals surface area (Å²) in [5, 5.41) is 6.50. The second-order valence-corrected chi connectivity index (χ2v) is 21.3. The number of methoxy groups -OCH3 is 2. The zero-order valence-electron chi connectivity index (χ0n) is 51.2. The minimum absolute atomic E-state index is 0. The van der Waals surface area contributed by atoms with Crippen LogP contribution in [0.15, 0.2) is 41.2 Å². The molecule has 0 aliphatic carbocycles. The molecular formula is C59H79BrF2N4O22. The highest BCUT2D eigenvalue weighted by Gasteiger charge is 2.54. The molecular weight excluding hydrogens is 1230 g/mol. The Kier molecular flexibility index (Phi) is 28.7. The number of halogens is 3. The van der Waals surface area contributed by atoms with E-state index in [1.807, 2.05) is 34.6 Å². The molecule has 0 unspecified atom stereocenters. The van der Waals surface area contributed by atoms with Gasteiger partial charge in [-0.2, -0.15) is 0 Å². The fourth-order valence-electron chi connectivity index (χ4n) is 9.17. The Bertz CT molecular complexity index is 3140. The molecule has 1 N–H and O–H groups in total. The Morgan fingerprint density at radius 1 is 0.568 bits per heavy atom. The standard InChI is InChI=1S/C29H37FN2O11.C15H19FN2O2.C14H19BrO9.CH4/c1-14(2)32-15(3)22(11-20-9-10-21(37-8)12-23(20)30)28(31-32)43-29-27(41-19(7)36)26(40-18(6)35)25(39-17(5)34)24(42-29)13-38-16(4)33;1-9(2)18-10(3)13(15(19)17-18)7-11-5-6-12(20-4)8-14(11)16;1-6(16)20-5-10-11(21-7(2)17)12(22-8(3)18)13(14(15)24-10)23-9(4)19;/h9-10,12,14,24-27,29H,11,13H2,1-8H3;5-6,8-9H,7H2,1-4H3,(H,17,19);10-14H,5H2,1-4H3;1H4/t24-,25-,26+,27-,29+;;10-,11-,12+,13-,14+;/m1.1./s1. The van der Waals surface area contributed by atoms with Crippen molar-refractivity contribution in [3.63, 3.8) is 0 Å². The third kappa shape index (κ3) is 21.2. The van der Waals surface area contributed by atoms with E-state index in [0.717, 1.165) is 40.3 Å². The number of nitrogens with one attached hydrogen (secondary N) is 1. The van der Waals surface area contributed by atoms with Crippen LogP contribution in [0.5, 0.6) is 17.4 Å². The SMILES string of the molecule is C.CC(=O)OC[C@H]1O[C@H](Br)[C@H](OC(C)=O)[C@@H](OC(C)=O)[C@@H]1OC(C)=O.COc1ccc(Cc2c(C)n(C(C)C)[nH]c2=O)c(F)c1.COc1ccc(Cc2c(O[C@@H]3O[C@H](COC(C)=O)[C@@H](OC(C)=O)[C@H](OC(C)=O)[C@H]3OC(C)=O)nn(C(C)C)c2C)c(F)c1. The molecule has 6 rings (SSSR count). The zero-order chi connectivity index (χ0) is 65.3. The monoisotopic (exact) mass is 1310 g/mol. The number of aromatic nitrogens is 4. The summed E-state index contributed by atoms with van der Waals surface area (Å²) in [6, 6.07) is 9.19. The molecule has 2 aliphatic rings. The third-order valence-electron chi connectivity index (χ3n) is 12.9. The smallest absolute Gasteiger partial charge is 0.303 e. The number of benzene rings is 2. The predicted molar refractivity (Wildman–Crippen MR) is 309 cm³/mol. The molecule has 10 atom stereocenters. The second-order valence-electron chi connectivity index (χ2n) is 20.4. The Morgan fingerprint density at radius 3 is 1.35 bits per heavy atom. The number of carbonyl (C=O) groups is 8. The van der Waals surface area contributed by atoms with E-state index in [2.05, 4.69) is 26.1 Å². The lowest BCUT2D eigenvalue weighted by atomic mass is 9.98. The minimum Gasteiger partial charge on any atom is -0.497 e. The topological polar surface area (TPSA) is 312 Å². The number of nitrogens with zero attached hydrogens (tertiary/aromatic N) is 3. The summed E-state index contributed by atoms with van der Waals surface area (Å²) in [4.78, 5) is 105. The Morgan fingerprint density at radius 2 is 0.966 bits per heavy atom. The van der Waals surface area contributed by atoms with Crippen LogP contribution >= 0.6 is 15.9 Å². The van der Waals surface area contributed by atoms with Crippen molar-refractivity contribution >= 4 is 63.7 Å². The van der Waals surface area contributed by atoms with Crippen LogP contribution in [0.3, 0.4) is 0 Å². The maximum atomic E-state index is 15.0. The van der Waals surface area contributed by atoms with Crippen LogP contribution in [-0.4, -0.2) is 155 Å². The summed E-state index contributed by atoms with van der Waals surface area (Å²) < 4.78 is 102. The molecule has 0 amide bonds. The van der Waals surface area contributed by atoms with Crippen molar-refractivity contribution in [1.82, 2.24) is 19.6 Å². The summed E-state index contributed by atoms with van der Waals surface area (Å²) >= 11 is 3.18. The molecule has 2 saturated heterocycles. The first kappa shape index (κ1) is 74.3. The van der Waals surface area contributed by atoms with E-state index in [4.69, 9.17) is 61.6 Å². The first-order valence-electron chi connectivity index (χ1n) is 27.2. The van der Waals surface area contributed by atoms with Gasteiger partial charge in [0.1, 0.15) is 48.6 Å². The number of hydrogen-bond donors (Lipinski definition) is 1. The first-order valence-corrected chi connectivity index (χ1v) is 28.1. The van der Waals surface area contributed by atoms with Crippen molar-refractivity contribution in [3.8, 4) is 17.4 Å². The molecule has 2 aliphatic heterocycles. The number of alkyl halides is 1. The first-order chi connectivity index (χ1) is 40.8. The van der Waals surface area contributed by atoms with Gasteiger partial charge in [-0.15, -0.1) is 5.10 Å². The molecule has 0 bridgehead atoms. The molecule has 2 aromatic carbocycles. The molecule has 488 valence electrons. The van der Waals surface area contributed by atoms with Crippen LogP contribution in [-0.2, 0) is 98.6 Å². The van der Waals surface area contributed by atoms with Crippen LogP contribution in [0.2, 0.25) is 0 Å². The predicted octanol–water partition coefficient (Wildman–Crippen LogP) is 6.88. The van der Waals surface area contributed by atoms with E-state index in [1.54, 1.807) is 40.6 Å². The number of carbonyl (C=O) groups excluding carboxylic acids is 8. The Labute approximate surface area is 516 Å². The number of hydrogen-bond acceptors (Lipinski definition) is 23. The van der Waals surface area contributed by atoms with Gasteiger partial charge in [0.25, 0.3) is 5.56 Å². The molecule has 2 fully saturated rings. The molecule has 0 radical (unpaired) electrons. The van der Waals surface area contributed by atoms with Crippen LogP contribution in [0, 0.1) is 25.5 Å². The van der Waals surface area contributed by atoms with Crippen molar-refractivity contribution in [1.29, 1.82) is 0 Å². The lowest BCUT2D eigenvalue weighted by Crippen LogP contribution is -2.63. The van der Waals surface area contributed by atoms with Gasteiger partial charge in [0.05, 0.1) is 14.2 Å². The highest BCUT2D eigenvalue weighted by atomic mass is 79.9. The Hall–Kier alpha value is -7.92. The van der Waals surface area contributed by atoms with Gasteiger partial charge < -0.3 is 61.6 Å². The van der Waals surface area contributed by atoms with Crippen LogP contribution in [0.4, 0.5) is 8.78 Å². The van der Waals surface area contributed by atoms with E-state index in [0.29, 0.717) is 39.4 Å². The summed E-state index contributed by atoms with van der Waals surface area (Å²) in [6.07, 6.45) is -10.8. The maximum Gasteiger partial charge on any atom is 0.303 e. The van der Waals surface area contributed by atoms with Crippen molar-refractivity contribution in [2.24, 2.45) is 0 Å². The molecule has 0 saturated carbocycles. The summed E-state index contributed by atoms with van der Waals surface area (Å²) in [6.45, 7) is 20.0. The van der Waals surface area contributed by atoms with Crippen LogP contribution in [0.1, 0.15) is 136 Å². The maximum absolute atomic E-state index is 15.0. The largest absolute Gasteiger partial charge is 0.497 e. The fraction of sp³-hybridized carbons (Fsp3) is 0.559. The lowest BCUT2D eigenvalue weighted by molar-refractivity contribution is -0.289. The lowest BCUT2D eigenvalue weighted by Gasteiger charge is -2.43. The number of ether oxygens (including phenoxy) is 13. The quantitative estimate of drug-likeness (QED) is 0.0535. The highest BCUT2D eigenvalue weighted by Crippen LogP contribution is 2.36. The van der Waals surface area contributed by atoms with Gasteiger partial charge in [-0.1, -0.05) is 35.5 Å². The van der Waals surface area contributed by atoms with Crippen molar-refractivity contribution in [2.75, 3.05) is 27.4 Å². The van der Waals surface area contributed by atoms with Gasteiger partial charge in [-0.05, 0) is 64.8 Å². The second kappa shape index (κ2) is 34.0. The van der Waals surface area contributed by atoms with E-state index in [-0.39, 0.29) is 56.2 Å². The number of H-pyrrole nitrogens is 1. The molecule has 88 heavy (non-hydrogen) atoms. The average Bonchev–Trinajstić information content (AvgIpc) is 1.83. The van der Waals surface area contributed by atoms with Gasteiger partial charge in [-0.25, -0.2) is 8.78 Å². The summed E-state index contributed by atoms with van der Waals surface area (Å²) in [5.74, 6) is -5.49. The van der Waals surface area contributed by atoms with Crippen molar-refractivity contribution < 1.29 is 109 Å². The van der Waals surface area contributed by atoms with Gasteiger partial charge in [0.2, 0.25) is 18.3 Å².